The van der Waals surface area contributed by atoms with Crippen molar-refractivity contribution in [1.82, 2.24) is 15.3 Å². The molecule has 1 aromatic carbocycles. The van der Waals surface area contributed by atoms with Gasteiger partial charge in [-0.25, -0.2) is 9.97 Å². The number of carbonyl (C=O) groups is 1. The fourth-order valence-electron chi connectivity index (χ4n) is 2.95. The normalized spacial score (nSPS) is 12.2. The van der Waals surface area contributed by atoms with E-state index in [1.807, 2.05) is 48.7 Å². The summed E-state index contributed by atoms with van der Waals surface area (Å²) in [6.07, 6.45) is 2.49. The Bertz CT molecular complexity index is 1090. The number of thiazole rings is 1. The monoisotopic (exact) mass is 377 g/mol. The number of aryl methyl sites for hydroxylation is 1. The Hall–Kier alpha value is -2.99. The third kappa shape index (κ3) is 3.48. The Balaban J connectivity index is 1.70. The van der Waals surface area contributed by atoms with E-state index in [2.05, 4.69) is 22.2 Å². The van der Waals surface area contributed by atoms with E-state index in [9.17, 15) is 4.79 Å². The van der Waals surface area contributed by atoms with Gasteiger partial charge in [-0.05, 0) is 37.6 Å². The molecule has 0 saturated carbocycles. The number of nitrogens with one attached hydrogen (secondary N) is 1. The molecule has 3 heterocycles. The molecule has 1 atom stereocenters. The number of carbonyl (C=O) groups excluding carboxylic acids is 1. The number of aromatic nitrogens is 2. The van der Waals surface area contributed by atoms with Crippen LogP contribution in [0, 0.1) is 0 Å². The van der Waals surface area contributed by atoms with Crippen LogP contribution in [0.4, 0.5) is 0 Å². The van der Waals surface area contributed by atoms with Crippen LogP contribution in [0.3, 0.4) is 0 Å². The number of fused-ring (bicyclic) bond motifs is 1. The van der Waals surface area contributed by atoms with Crippen molar-refractivity contribution in [2.24, 2.45) is 0 Å². The first-order chi connectivity index (χ1) is 13.2. The summed E-state index contributed by atoms with van der Waals surface area (Å²) in [5, 5.41) is 6.94. The van der Waals surface area contributed by atoms with Gasteiger partial charge in [-0.1, -0.05) is 25.1 Å². The molecule has 136 valence electrons. The van der Waals surface area contributed by atoms with Gasteiger partial charge in [0.1, 0.15) is 5.69 Å². The van der Waals surface area contributed by atoms with Gasteiger partial charge in [0.2, 0.25) is 0 Å². The van der Waals surface area contributed by atoms with Crippen LogP contribution in [0.5, 0.6) is 0 Å². The molecule has 3 aromatic heterocycles. The average molecular weight is 377 g/mol. The molecule has 27 heavy (non-hydrogen) atoms. The van der Waals surface area contributed by atoms with Gasteiger partial charge in [-0.3, -0.25) is 4.79 Å². The molecule has 0 spiro atoms. The van der Waals surface area contributed by atoms with Gasteiger partial charge in [0, 0.05) is 10.8 Å². The zero-order valence-corrected chi connectivity index (χ0v) is 15.9. The summed E-state index contributed by atoms with van der Waals surface area (Å²) in [4.78, 5) is 22.2. The summed E-state index contributed by atoms with van der Waals surface area (Å²) < 4.78 is 5.47. The molecular weight excluding hydrogens is 358 g/mol. The van der Waals surface area contributed by atoms with Crippen LogP contribution >= 0.6 is 11.3 Å². The molecule has 1 amide bonds. The maximum absolute atomic E-state index is 13.0. The number of pyridine rings is 1. The van der Waals surface area contributed by atoms with Crippen LogP contribution in [0.1, 0.15) is 40.9 Å². The maximum atomic E-state index is 13.0. The van der Waals surface area contributed by atoms with Crippen molar-refractivity contribution in [2.75, 3.05) is 0 Å². The predicted octanol–water partition coefficient (Wildman–Crippen LogP) is 5.00. The molecule has 5 nitrogen and oxygen atoms in total. The second-order valence-corrected chi connectivity index (χ2v) is 7.21. The summed E-state index contributed by atoms with van der Waals surface area (Å²) in [5.74, 6) is 0.481. The lowest BCUT2D eigenvalue weighted by molar-refractivity contribution is 0.0941. The third-order valence-corrected chi connectivity index (χ3v) is 5.41. The smallest absolute Gasteiger partial charge is 0.252 e. The van der Waals surface area contributed by atoms with Crippen LogP contribution in [0.25, 0.3) is 22.4 Å². The molecule has 0 fully saturated rings. The highest BCUT2D eigenvalue weighted by molar-refractivity contribution is 7.09. The van der Waals surface area contributed by atoms with Gasteiger partial charge < -0.3 is 9.73 Å². The number of hydrogen-bond acceptors (Lipinski definition) is 5. The molecule has 1 N–H and O–H groups in total. The van der Waals surface area contributed by atoms with Crippen LogP contribution in [0.2, 0.25) is 0 Å². The standard InChI is InChI=1S/C21H19N3O2S/c1-3-20-24-18(12-27-20)13(2)22-21(25)15-11-17(19-9-6-10-26-19)23-16-8-5-4-7-14(15)16/h4-13H,3H2,1-2H3,(H,22,25). The lowest BCUT2D eigenvalue weighted by atomic mass is 10.1. The number of rotatable bonds is 5. The van der Waals surface area contributed by atoms with E-state index in [4.69, 9.17) is 4.42 Å². The lowest BCUT2D eigenvalue weighted by Gasteiger charge is -2.14. The van der Waals surface area contributed by atoms with E-state index in [-0.39, 0.29) is 11.9 Å². The first-order valence-corrected chi connectivity index (χ1v) is 9.72. The van der Waals surface area contributed by atoms with Crippen molar-refractivity contribution in [2.45, 2.75) is 26.3 Å². The van der Waals surface area contributed by atoms with Gasteiger partial charge >= 0.3 is 0 Å². The number of furan rings is 1. The summed E-state index contributed by atoms with van der Waals surface area (Å²) in [5.41, 5.74) is 2.85. The van der Waals surface area contributed by atoms with Crippen molar-refractivity contribution in [3.05, 3.63) is 70.4 Å². The van der Waals surface area contributed by atoms with Gasteiger partial charge in [0.05, 0.1) is 34.1 Å². The van der Waals surface area contributed by atoms with Crippen molar-refractivity contribution < 1.29 is 9.21 Å². The van der Waals surface area contributed by atoms with Crippen LogP contribution in [-0.2, 0) is 6.42 Å². The van der Waals surface area contributed by atoms with E-state index in [1.165, 1.54) is 0 Å². The first kappa shape index (κ1) is 17.4. The van der Waals surface area contributed by atoms with Crippen molar-refractivity contribution in [3.63, 3.8) is 0 Å². The minimum atomic E-state index is -0.173. The van der Waals surface area contributed by atoms with Crippen molar-refractivity contribution in [3.8, 4) is 11.5 Å². The van der Waals surface area contributed by atoms with Crippen LogP contribution in [0.15, 0.2) is 58.5 Å². The fourth-order valence-corrected chi connectivity index (χ4v) is 3.79. The maximum Gasteiger partial charge on any atom is 0.252 e. The zero-order chi connectivity index (χ0) is 18.8. The topological polar surface area (TPSA) is 68.0 Å². The van der Waals surface area contributed by atoms with E-state index >= 15 is 0 Å². The Morgan fingerprint density at radius 1 is 1.22 bits per heavy atom. The quantitative estimate of drug-likeness (QED) is 0.531. The van der Waals surface area contributed by atoms with E-state index in [0.29, 0.717) is 17.0 Å². The number of benzene rings is 1. The molecule has 0 aliphatic rings. The van der Waals surface area contributed by atoms with Crippen LogP contribution in [-0.4, -0.2) is 15.9 Å². The zero-order valence-electron chi connectivity index (χ0n) is 15.1. The Morgan fingerprint density at radius 2 is 2.07 bits per heavy atom. The Kier molecular flexibility index (Phi) is 4.73. The highest BCUT2D eigenvalue weighted by atomic mass is 32.1. The van der Waals surface area contributed by atoms with Crippen molar-refractivity contribution in [1.29, 1.82) is 0 Å². The molecule has 0 radical (unpaired) electrons. The van der Waals surface area contributed by atoms with E-state index < -0.39 is 0 Å². The van der Waals surface area contributed by atoms with E-state index in [0.717, 1.165) is 28.0 Å². The molecule has 4 aromatic rings. The second kappa shape index (κ2) is 7.32. The number of para-hydroxylation sites is 1. The lowest BCUT2D eigenvalue weighted by Crippen LogP contribution is -2.27. The largest absolute Gasteiger partial charge is 0.463 e. The molecule has 0 aliphatic carbocycles. The minimum Gasteiger partial charge on any atom is -0.463 e. The molecule has 0 bridgehead atoms. The van der Waals surface area contributed by atoms with Gasteiger partial charge in [-0.15, -0.1) is 11.3 Å². The second-order valence-electron chi connectivity index (χ2n) is 6.26. The molecule has 4 rings (SSSR count). The summed E-state index contributed by atoms with van der Waals surface area (Å²) >= 11 is 1.62. The van der Waals surface area contributed by atoms with E-state index in [1.54, 1.807) is 23.7 Å². The highest BCUT2D eigenvalue weighted by Gasteiger charge is 2.18. The van der Waals surface area contributed by atoms with Crippen LogP contribution < -0.4 is 5.32 Å². The Morgan fingerprint density at radius 3 is 2.81 bits per heavy atom. The number of hydrogen-bond donors (Lipinski definition) is 1. The predicted molar refractivity (Wildman–Crippen MR) is 107 cm³/mol. The Labute approximate surface area is 161 Å². The van der Waals surface area contributed by atoms with Crippen molar-refractivity contribution >= 4 is 28.1 Å². The van der Waals surface area contributed by atoms with Gasteiger partial charge in [0.25, 0.3) is 5.91 Å². The SMILES string of the molecule is CCc1nc(C(C)NC(=O)c2cc(-c3ccco3)nc3ccccc23)cs1. The molecule has 0 aliphatic heterocycles. The first-order valence-electron chi connectivity index (χ1n) is 8.84. The number of amides is 1. The van der Waals surface area contributed by atoms with Gasteiger partial charge in [-0.2, -0.15) is 0 Å². The fraction of sp³-hybridized carbons (Fsp3) is 0.190. The number of nitrogens with zero attached hydrogens (tertiary/aromatic N) is 2. The third-order valence-electron chi connectivity index (χ3n) is 4.40. The molecular formula is C21H19N3O2S. The summed E-state index contributed by atoms with van der Waals surface area (Å²) in [6.45, 7) is 4.02. The average Bonchev–Trinajstić information content (AvgIpc) is 3.38. The molecule has 6 heteroatoms. The highest BCUT2D eigenvalue weighted by Crippen LogP contribution is 2.26. The molecule has 1 unspecified atom stereocenters. The summed E-state index contributed by atoms with van der Waals surface area (Å²) in [6, 6.07) is 12.9. The minimum absolute atomic E-state index is 0.153. The molecule has 0 saturated heterocycles. The van der Waals surface area contributed by atoms with Gasteiger partial charge in [0.15, 0.2) is 5.76 Å². The summed E-state index contributed by atoms with van der Waals surface area (Å²) in [7, 11) is 0.